The van der Waals surface area contributed by atoms with Crippen LogP contribution in [0.4, 0.5) is 0 Å². The Morgan fingerprint density at radius 3 is 1.68 bits per heavy atom. The number of esters is 2. The number of ketones is 1. The van der Waals surface area contributed by atoms with Gasteiger partial charge in [-0.25, -0.2) is 9.59 Å². The summed E-state index contributed by atoms with van der Waals surface area (Å²) in [5, 5.41) is 7.87. The van der Waals surface area contributed by atoms with Crippen molar-refractivity contribution in [1.82, 2.24) is 19.6 Å². The van der Waals surface area contributed by atoms with Crippen LogP contribution in [0.25, 0.3) is 0 Å². The van der Waals surface area contributed by atoms with Gasteiger partial charge < -0.3 is 9.47 Å². The average molecular weight is 390 g/mol. The molecule has 0 N–H and O–H groups in total. The van der Waals surface area contributed by atoms with Crippen molar-refractivity contribution in [2.24, 2.45) is 0 Å². The number of allylic oxidation sites excluding steroid dienone is 1. The van der Waals surface area contributed by atoms with Crippen LogP contribution >= 0.6 is 0 Å². The standard InChI is InChI=1S/C10H14N2O2.C9H12N2O3/c1-4-14-10(13)9-5-6-11-12(9)7-8(2)3;1-3-14-9(13)8-4-5-10-11(8)6-7(2)12/h5-6H,2,4,7H2,1,3H3;4-5H,3,6H2,1-2H3. The number of carbonyl (C=O) groups excluding carboxylic acids is 3. The zero-order chi connectivity index (χ0) is 21.1. The van der Waals surface area contributed by atoms with Crippen LogP contribution in [0.3, 0.4) is 0 Å². The Kier molecular flexibility index (Phi) is 9.35. The van der Waals surface area contributed by atoms with Crippen molar-refractivity contribution in [1.29, 1.82) is 0 Å². The highest BCUT2D eigenvalue weighted by Gasteiger charge is 2.13. The molecule has 0 spiro atoms. The Morgan fingerprint density at radius 1 is 0.893 bits per heavy atom. The summed E-state index contributed by atoms with van der Waals surface area (Å²) < 4.78 is 12.6. The average Bonchev–Trinajstić information content (AvgIpc) is 3.24. The van der Waals surface area contributed by atoms with Gasteiger partial charge in [0.25, 0.3) is 0 Å². The fraction of sp³-hybridized carbons (Fsp3) is 0.421. The van der Waals surface area contributed by atoms with E-state index in [-0.39, 0.29) is 18.3 Å². The molecule has 9 heteroatoms. The first kappa shape index (κ1) is 22.8. The molecule has 0 bridgehead atoms. The third kappa shape index (κ3) is 7.18. The van der Waals surface area contributed by atoms with Gasteiger partial charge in [0.15, 0.2) is 5.78 Å². The van der Waals surface area contributed by atoms with Crippen LogP contribution < -0.4 is 0 Å². The van der Waals surface area contributed by atoms with E-state index in [9.17, 15) is 14.4 Å². The molecule has 2 heterocycles. The highest BCUT2D eigenvalue weighted by molar-refractivity contribution is 5.88. The lowest BCUT2D eigenvalue weighted by molar-refractivity contribution is -0.117. The molecule has 0 unspecified atom stereocenters. The molecule has 0 radical (unpaired) electrons. The molecule has 9 nitrogen and oxygen atoms in total. The minimum absolute atomic E-state index is 0.0563. The van der Waals surface area contributed by atoms with Crippen LogP contribution in [0.15, 0.2) is 36.7 Å². The molecular weight excluding hydrogens is 364 g/mol. The SMILES string of the molecule is C=C(C)Cn1nccc1C(=O)OCC.CCOC(=O)c1ccnn1CC(C)=O. The summed E-state index contributed by atoms with van der Waals surface area (Å²) in [5.74, 6) is -0.850. The van der Waals surface area contributed by atoms with Gasteiger partial charge in [-0.3, -0.25) is 14.2 Å². The third-order valence-corrected chi connectivity index (χ3v) is 3.19. The Bertz CT molecular complexity index is 754. The van der Waals surface area contributed by atoms with Gasteiger partial charge in [-0.05, 0) is 39.8 Å². The molecule has 0 fully saturated rings. The quantitative estimate of drug-likeness (QED) is 0.503. The molecule has 0 saturated carbocycles. The lowest BCUT2D eigenvalue weighted by atomic mass is 10.3. The van der Waals surface area contributed by atoms with E-state index in [0.717, 1.165) is 5.57 Å². The van der Waals surface area contributed by atoms with E-state index in [1.54, 1.807) is 30.8 Å². The number of ether oxygens (including phenoxy) is 2. The molecule has 0 amide bonds. The van der Waals surface area contributed by atoms with Crippen LogP contribution in [-0.2, 0) is 27.4 Å². The number of aromatic nitrogens is 4. The van der Waals surface area contributed by atoms with Gasteiger partial charge in [0.1, 0.15) is 17.9 Å². The highest BCUT2D eigenvalue weighted by atomic mass is 16.5. The first-order chi connectivity index (χ1) is 13.3. The molecule has 0 aliphatic carbocycles. The summed E-state index contributed by atoms with van der Waals surface area (Å²) in [7, 11) is 0. The zero-order valence-corrected chi connectivity index (χ0v) is 16.7. The van der Waals surface area contributed by atoms with E-state index in [4.69, 9.17) is 9.47 Å². The molecule has 2 aromatic rings. The van der Waals surface area contributed by atoms with E-state index in [1.165, 1.54) is 23.9 Å². The van der Waals surface area contributed by atoms with Gasteiger partial charge in [0.05, 0.1) is 19.8 Å². The van der Waals surface area contributed by atoms with Gasteiger partial charge in [-0.1, -0.05) is 12.2 Å². The van der Waals surface area contributed by atoms with Gasteiger partial charge in [0, 0.05) is 12.4 Å². The third-order valence-electron chi connectivity index (χ3n) is 3.19. The first-order valence-electron chi connectivity index (χ1n) is 8.81. The predicted molar refractivity (Wildman–Crippen MR) is 102 cm³/mol. The van der Waals surface area contributed by atoms with E-state index >= 15 is 0 Å². The Balaban J connectivity index is 0.000000280. The zero-order valence-electron chi connectivity index (χ0n) is 16.7. The number of Topliss-reactive ketones (excluding diaryl/α,β-unsaturated/α-hetero) is 1. The van der Waals surface area contributed by atoms with Gasteiger partial charge in [-0.2, -0.15) is 10.2 Å². The second-order valence-corrected chi connectivity index (χ2v) is 5.85. The summed E-state index contributed by atoms with van der Waals surface area (Å²) in [4.78, 5) is 33.5. The molecule has 0 aromatic carbocycles. The highest BCUT2D eigenvalue weighted by Crippen LogP contribution is 2.04. The maximum absolute atomic E-state index is 11.4. The van der Waals surface area contributed by atoms with Gasteiger partial charge in [0.2, 0.25) is 0 Å². The Morgan fingerprint density at radius 2 is 1.32 bits per heavy atom. The number of hydrogen-bond acceptors (Lipinski definition) is 7. The second-order valence-electron chi connectivity index (χ2n) is 5.85. The molecule has 0 aliphatic rings. The van der Waals surface area contributed by atoms with Gasteiger partial charge in [-0.15, -0.1) is 0 Å². The van der Waals surface area contributed by atoms with Crippen LogP contribution in [-0.4, -0.2) is 50.5 Å². The van der Waals surface area contributed by atoms with Crippen molar-refractivity contribution < 1.29 is 23.9 Å². The molecule has 0 saturated heterocycles. The summed E-state index contributed by atoms with van der Waals surface area (Å²) >= 11 is 0. The fourth-order valence-electron chi connectivity index (χ4n) is 2.14. The summed E-state index contributed by atoms with van der Waals surface area (Å²) in [6.07, 6.45) is 3.05. The van der Waals surface area contributed by atoms with Crippen molar-refractivity contribution in [2.45, 2.75) is 40.8 Å². The fourth-order valence-corrected chi connectivity index (χ4v) is 2.14. The summed E-state index contributed by atoms with van der Waals surface area (Å²) in [5.41, 5.74) is 1.72. The van der Waals surface area contributed by atoms with E-state index < -0.39 is 5.97 Å². The van der Waals surface area contributed by atoms with Gasteiger partial charge >= 0.3 is 11.9 Å². The minimum atomic E-state index is -0.453. The van der Waals surface area contributed by atoms with Crippen LogP contribution in [0.2, 0.25) is 0 Å². The van der Waals surface area contributed by atoms with Crippen molar-refractivity contribution >= 4 is 17.7 Å². The molecule has 0 aliphatic heterocycles. The van der Waals surface area contributed by atoms with Crippen LogP contribution in [0, 0.1) is 0 Å². The smallest absolute Gasteiger partial charge is 0.356 e. The summed E-state index contributed by atoms with van der Waals surface area (Å²) in [6, 6.07) is 3.17. The van der Waals surface area contributed by atoms with E-state index in [1.807, 2.05) is 6.92 Å². The van der Waals surface area contributed by atoms with Crippen molar-refractivity contribution in [3.63, 3.8) is 0 Å². The maximum Gasteiger partial charge on any atom is 0.356 e. The van der Waals surface area contributed by atoms with Crippen LogP contribution in [0.1, 0.15) is 48.7 Å². The monoisotopic (exact) mass is 390 g/mol. The molecule has 2 rings (SSSR count). The lowest BCUT2D eigenvalue weighted by Gasteiger charge is -2.05. The molecule has 152 valence electrons. The second kappa shape index (κ2) is 11.5. The normalized spacial score (nSPS) is 9.86. The van der Waals surface area contributed by atoms with E-state index in [2.05, 4.69) is 16.8 Å². The van der Waals surface area contributed by atoms with Crippen LogP contribution in [0.5, 0.6) is 0 Å². The largest absolute Gasteiger partial charge is 0.461 e. The van der Waals surface area contributed by atoms with Crippen molar-refractivity contribution in [2.75, 3.05) is 13.2 Å². The number of nitrogens with zero attached hydrogens (tertiary/aromatic N) is 4. The molecular formula is C19H26N4O5. The summed E-state index contributed by atoms with van der Waals surface area (Å²) in [6.45, 7) is 11.9. The minimum Gasteiger partial charge on any atom is -0.461 e. The van der Waals surface area contributed by atoms with Crippen molar-refractivity contribution in [3.8, 4) is 0 Å². The van der Waals surface area contributed by atoms with E-state index in [0.29, 0.717) is 31.1 Å². The Labute approximate surface area is 163 Å². The molecule has 2 aromatic heterocycles. The molecule has 28 heavy (non-hydrogen) atoms. The topological polar surface area (TPSA) is 105 Å². The number of carbonyl (C=O) groups is 3. The molecule has 0 atom stereocenters. The lowest BCUT2D eigenvalue weighted by Crippen LogP contribution is -2.16. The first-order valence-corrected chi connectivity index (χ1v) is 8.81. The number of hydrogen-bond donors (Lipinski definition) is 0. The Hall–Kier alpha value is -3.23. The number of rotatable bonds is 8. The predicted octanol–water partition coefficient (Wildman–Crippen LogP) is 2.28. The van der Waals surface area contributed by atoms with Crippen molar-refractivity contribution in [3.05, 3.63) is 48.1 Å². The maximum atomic E-state index is 11.4.